The zero-order valence-corrected chi connectivity index (χ0v) is 16.9. The van der Waals surface area contributed by atoms with Crippen LogP contribution in [0.4, 0.5) is 0 Å². The number of rotatable bonds is 3. The van der Waals surface area contributed by atoms with Crippen molar-refractivity contribution >= 4 is 11.9 Å². The van der Waals surface area contributed by atoms with Gasteiger partial charge in [0.05, 0.1) is 11.6 Å². The number of hydrogen-bond acceptors (Lipinski definition) is 2. The second-order valence-electron chi connectivity index (χ2n) is 8.91. The second-order valence-corrected chi connectivity index (χ2v) is 8.91. The Bertz CT molecular complexity index is 953. The van der Waals surface area contributed by atoms with E-state index in [1.807, 2.05) is 25.1 Å². The number of fused-ring (bicyclic) bond motifs is 1. The number of hydrogen-bond donors (Lipinski definition) is 0. The van der Waals surface area contributed by atoms with Crippen LogP contribution in [0.25, 0.3) is 6.08 Å². The van der Waals surface area contributed by atoms with E-state index < -0.39 is 0 Å². The molecule has 0 aliphatic heterocycles. The zero-order chi connectivity index (χ0) is 19.8. The van der Waals surface area contributed by atoms with Gasteiger partial charge < -0.3 is 0 Å². The first kappa shape index (κ1) is 19.1. The third-order valence-electron chi connectivity index (χ3n) is 5.93. The highest BCUT2D eigenvalue weighted by Gasteiger charge is 2.37. The minimum Gasteiger partial charge on any atom is -0.289 e. The quantitative estimate of drug-likeness (QED) is 0.491. The van der Waals surface area contributed by atoms with Gasteiger partial charge in [0.25, 0.3) is 0 Å². The van der Waals surface area contributed by atoms with Crippen molar-refractivity contribution in [3.8, 4) is 6.07 Å². The molecule has 2 nitrogen and oxygen atoms in total. The Morgan fingerprint density at radius 2 is 1.56 bits per heavy atom. The van der Waals surface area contributed by atoms with Gasteiger partial charge in [0.1, 0.15) is 0 Å². The molecule has 138 valence electrons. The highest BCUT2D eigenvalue weighted by Crippen LogP contribution is 2.46. The van der Waals surface area contributed by atoms with Gasteiger partial charge in [-0.2, -0.15) is 5.26 Å². The van der Waals surface area contributed by atoms with E-state index in [0.717, 1.165) is 23.1 Å². The second kappa shape index (κ2) is 6.82. The van der Waals surface area contributed by atoms with E-state index in [9.17, 15) is 4.79 Å². The van der Waals surface area contributed by atoms with Gasteiger partial charge in [-0.25, -0.2) is 0 Å². The molecule has 0 heterocycles. The van der Waals surface area contributed by atoms with Crippen LogP contribution in [0.5, 0.6) is 0 Å². The molecule has 2 aromatic rings. The Kier molecular flexibility index (Phi) is 4.82. The highest BCUT2D eigenvalue weighted by atomic mass is 16.1. The van der Waals surface area contributed by atoms with Crippen LogP contribution in [0.1, 0.15) is 78.7 Å². The van der Waals surface area contributed by atoms with Crippen molar-refractivity contribution in [2.24, 2.45) is 0 Å². The molecule has 0 atom stereocenters. The number of benzene rings is 2. The lowest BCUT2D eigenvalue weighted by molar-refractivity contribution is 0.104. The maximum atomic E-state index is 12.9. The Hall–Kier alpha value is -2.66. The van der Waals surface area contributed by atoms with Gasteiger partial charge in [0.2, 0.25) is 0 Å². The van der Waals surface area contributed by atoms with Crippen molar-refractivity contribution in [2.75, 3.05) is 0 Å². The van der Waals surface area contributed by atoms with Crippen LogP contribution < -0.4 is 0 Å². The molecule has 27 heavy (non-hydrogen) atoms. The SMILES string of the molecule is Cc1cc2c(cc1C(=O)/C=C/c1ccc(C#N)cc1)C(C)(C)CCC2(C)C. The summed E-state index contributed by atoms with van der Waals surface area (Å²) in [5.41, 5.74) is 6.27. The molecule has 0 N–H and O–H groups in total. The Balaban J connectivity index is 1.96. The molecule has 0 saturated heterocycles. The number of nitrogens with zero attached hydrogens (tertiary/aromatic N) is 1. The first-order valence-electron chi connectivity index (χ1n) is 9.52. The largest absolute Gasteiger partial charge is 0.289 e. The van der Waals surface area contributed by atoms with Crippen molar-refractivity contribution in [3.05, 3.63) is 75.9 Å². The van der Waals surface area contributed by atoms with Crippen LogP contribution in [0.15, 0.2) is 42.5 Å². The molecule has 0 fully saturated rings. The van der Waals surface area contributed by atoms with Gasteiger partial charge in [-0.15, -0.1) is 0 Å². The molecular weight excluding hydrogens is 330 g/mol. The summed E-state index contributed by atoms with van der Waals surface area (Å²) in [5.74, 6) is 0.0267. The summed E-state index contributed by atoms with van der Waals surface area (Å²) < 4.78 is 0. The first-order chi connectivity index (χ1) is 12.6. The fraction of sp³-hybridized carbons (Fsp3) is 0.360. The lowest BCUT2D eigenvalue weighted by atomic mass is 9.62. The van der Waals surface area contributed by atoms with Crippen molar-refractivity contribution in [1.82, 2.24) is 0 Å². The molecule has 0 radical (unpaired) electrons. The number of aryl methyl sites for hydroxylation is 1. The third kappa shape index (κ3) is 3.74. The fourth-order valence-electron chi connectivity index (χ4n) is 3.92. The van der Waals surface area contributed by atoms with Crippen LogP contribution in [-0.2, 0) is 10.8 Å². The van der Waals surface area contributed by atoms with E-state index in [1.165, 1.54) is 17.5 Å². The van der Waals surface area contributed by atoms with Crippen LogP contribution in [0.2, 0.25) is 0 Å². The topological polar surface area (TPSA) is 40.9 Å². The fourth-order valence-corrected chi connectivity index (χ4v) is 3.92. The van der Waals surface area contributed by atoms with Gasteiger partial charge in [-0.3, -0.25) is 4.79 Å². The molecule has 0 spiro atoms. The predicted molar refractivity (Wildman–Crippen MR) is 111 cm³/mol. The van der Waals surface area contributed by atoms with E-state index in [0.29, 0.717) is 5.56 Å². The summed E-state index contributed by atoms with van der Waals surface area (Å²) in [6.45, 7) is 11.2. The van der Waals surface area contributed by atoms with Crippen LogP contribution >= 0.6 is 0 Å². The molecule has 2 aromatic carbocycles. The van der Waals surface area contributed by atoms with E-state index in [4.69, 9.17) is 5.26 Å². The summed E-state index contributed by atoms with van der Waals surface area (Å²) in [6.07, 6.45) is 5.75. The molecule has 0 bridgehead atoms. The van der Waals surface area contributed by atoms with Gasteiger partial charge >= 0.3 is 0 Å². The van der Waals surface area contributed by atoms with Gasteiger partial charge in [0.15, 0.2) is 5.78 Å². The van der Waals surface area contributed by atoms with Gasteiger partial charge in [-0.05, 0) is 77.1 Å². The van der Waals surface area contributed by atoms with E-state index >= 15 is 0 Å². The summed E-state index contributed by atoms with van der Waals surface area (Å²) in [4.78, 5) is 12.9. The van der Waals surface area contributed by atoms with Crippen LogP contribution in [-0.4, -0.2) is 5.78 Å². The average molecular weight is 357 g/mol. The first-order valence-corrected chi connectivity index (χ1v) is 9.52. The Morgan fingerprint density at radius 3 is 2.11 bits per heavy atom. The number of carbonyl (C=O) groups excluding carboxylic acids is 1. The average Bonchev–Trinajstić information content (AvgIpc) is 2.63. The maximum absolute atomic E-state index is 12.9. The lowest BCUT2D eigenvalue weighted by Crippen LogP contribution is -2.34. The van der Waals surface area contributed by atoms with E-state index in [1.54, 1.807) is 18.2 Å². The highest BCUT2D eigenvalue weighted by molar-refractivity contribution is 6.08. The molecule has 0 unspecified atom stereocenters. The minimum absolute atomic E-state index is 0.0267. The monoisotopic (exact) mass is 357 g/mol. The molecule has 0 saturated carbocycles. The molecule has 0 amide bonds. The van der Waals surface area contributed by atoms with E-state index in [-0.39, 0.29) is 16.6 Å². The molecule has 0 aromatic heterocycles. The Morgan fingerprint density at radius 1 is 1.00 bits per heavy atom. The molecule has 2 heteroatoms. The Labute approximate surface area is 162 Å². The normalized spacial score (nSPS) is 17.3. The minimum atomic E-state index is 0.0267. The van der Waals surface area contributed by atoms with Gasteiger partial charge in [-0.1, -0.05) is 52.0 Å². The van der Waals surface area contributed by atoms with Crippen molar-refractivity contribution in [1.29, 1.82) is 5.26 Å². The van der Waals surface area contributed by atoms with Crippen LogP contribution in [0.3, 0.4) is 0 Å². The number of nitriles is 1. The van der Waals surface area contributed by atoms with Crippen molar-refractivity contribution in [2.45, 2.75) is 58.3 Å². The maximum Gasteiger partial charge on any atom is 0.186 e. The van der Waals surface area contributed by atoms with Gasteiger partial charge in [0, 0.05) is 5.56 Å². The van der Waals surface area contributed by atoms with Crippen molar-refractivity contribution in [3.63, 3.8) is 0 Å². The number of allylic oxidation sites excluding steroid dienone is 1. The molecular formula is C25H27NO. The van der Waals surface area contributed by atoms with E-state index in [2.05, 4.69) is 45.9 Å². The third-order valence-corrected chi connectivity index (χ3v) is 5.93. The molecule has 1 aliphatic rings. The van der Waals surface area contributed by atoms with Crippen LogP contribution in [0, 0.1) is 18.3 Å². The number of carbonyl (C=O) groups is 1. The number of ketones is 1. The summed E-state index contributed by atoms with van der Waals surface area (Å²) >= 11 is 0. The predicted octanol–water partition coefficient (Wildman–Crippen LogP) is 6.11. The molecule has 1 aliphatic carbocycles. The zero-order valence-electron chi connectivity index (χ0n) is 16.9. The lowest BCUT2D eigenvalue weighted by Gasteiger charge is -2.42. The summed E-state index contributed by atoms with van der Waals surface area (Å²) in [5, 5.41) is 8.88. The molecule has 3 rings (SSSR count). The summed E-state index contributed by atoms with van der Waals surface area (Å²) in [7, 11) is 0. The smallest absolute Gasteiger partial charge is 0.186 e. The van der Waals surface area contributed by atoms with Crippen molar-refractivity contribution < 1.29 is 4.79 Å². The summed E-state index contributed by atoms with van der Waals surface area (Å²) in [6, 6.07) is 13.7. The standard InChI is InChI=1S/C25H27NO/c1-17-14-21-22(25(4,5)13-12-24(21,2)3)15-20(17)23(27)11-10-18-6-8-19(16-26)9-7-18/h6-11,14-15H,12-13H2,1-5H3/b11-10+.